The smallest absolute Gasteiger partial charge is 0.350 e. The van der Waals surface area contributed by atoms with Gasteiger partial charge >= 0.3 is 5.97 Å². The maximum absolute atomic E-state index is 13.9. The third-order valence-corrected chi connectivity index (χ3v) is 8.33. The molecule has 0 aliphatic carbocycles. The molecule has 1 aliphatic rings. The number of esters is 1. The number of nitrogens with zero attached hydrogens (tertiary/aromatic N) is 3. The zero-order valence-corrected chi connectivity index (χ0v) is 25.1. The Bertz CT molecular complexity index is 1540. The van der Waals surface area contributed by atoms with E-state index in [4.69, 9.17) is 14.2 Å². The van der Waals surface area contributed by atoms with Crippen molar-refractivity contribution in [2.24, 2.45) is 0 Å². The number of Topliss-reactive ketones (excluding diaryl/α,β-unsaturated/α-hetero) is 1. The molecule has 41 heavy (non-hydrogen) atoms. The summed E-state index contributed by atoms with van der Waals surface area (Å²) in [5.74, 6) is -1.71. The average molecular weight is 598 g/mol. The number of benzene rings is 1. The summed E-state index contributed by atoms with van der Waals surface area (Å²) in [5, 5.41) is 12.0. The molecule has 1 aromatic carbocycles. The number of carbonyl (C=O) groups is 3. The van der Waals surface area contributed by atoms with Gasteiger partial charge in [0.15, 0.2) is 22.4 Å². The molecule has 1 atom stereocenters. The summed E-state index contributed by atoms with van der Waals surface area (Å²) in [6, 6.07) is 4.05. The molecule has 216 valence electrons. The molecule has 4 rings (SSSR count). The van der Waals surface area contributed by atoms with Crippen LogP contribution in [0.3, 0.4) is 0 Å². The molecule has 1 amide bonds. The van der Waals surface area contributed by atoms with Gasteiger partial charge in [0.1, 0.15) is 11.5 Å². The zero-order chi connectivity index (χ0) is 29.8. The van der Waals surface area contributed by atoms with Crippen molar-refractivity contribution in [2.45, 2.75) is 47.1 Å². The van der Waals surface area contributed by atoms with Gasteiger partial charge in [0.25, 0.3) is 5.91 Å². The van der Waals surface area contributed by atoms with E-state index >= 15 is 0 Å². The summed E-state index contributed by atoms with van der Waals surface area (Å²) in [5.41, 5.74) is 1.21. The normalized spacial score (nSPS) is 14.9. The number of ketones is 1. The third-order valence-electron chi connectivity index (χ3n) is 6.12. The van der Waals surface area contributed by atoms with Gasteiger partial charge in [-0.2, -0.15) is 0 Å². The average Bonchev–Trinajstić information content (AvgIpc) is 3.58. The van der Waals surface area contributed by atoms with Crippen LogP contribution >= 0.6 is 22.7 Å². The first-order chi connectivity index (χ1) is 19.6. The zero-order valence-electron chi connectivity index (χ0n) is 23.5. The van der Waals surface area contributed by atoms with Crippen LogP contribution in [0.25, 0.3) is 0 Å². The lowest BCUT2D eigenvalue weighted by atomic mass is 9.95. The lowest BCUT2D eigenvalue weighted by molar-refractivity contribution is -0.117. The van der Waals surface area contributed by atoms with Crippen molar-refractivity contribution in [3.05, 3.63) is 73.9 Å². The molecule has 0 fully saturated rings. The van der Waals surface area contributed by atoms with E-state index in [0.29, 0.717) is 51.5 Å². The molecule has 3 aromatic rings. The number of aliphatic hydroxyl groups is 1. The van der Waals surface area contributed by atoms with Crippen molar-refractivity contribution in [3.8, 4) is 11.5 Å². The summed E-state index contributed by atoms with van der Waals surface area (Å²) < 4.78 is 16.9. The topological polar surface area (TPSA) is 128 Å². The number of carbonyl (C=O) groups excluding carboxylic acids is 3. The Kier molecular flexibility index (Phi) is 9.24. The van der Waals surface area contributed by atoms with Gasteiger partial charge in [-0.1, -0.05) is 37.0 Å². The van der Waals surface area contributed by atoms with E-state index in [-0.39, 0.29) is 22.2 Å². The lowest BCUT2D eigenvalue weighted by Crippen LogP contribution is -2.31. The second-order valence-electron chi connectivity index (χ2n) is 9.10. The van der Waals surface area contributed by atoms with Crippen LogP contribution in [-0.2, 0) is 9.53 Å². The van der Waals surface area contributed by atoms with Crippen LogP contribution in [-0.4, -0.2) is 52.6 Å². The van der Waals surface area contributed by atoms with Crippen molar-refractivity contribution in [2.75, 3.05) is 24.7 Å². The van der Waals surface area contributed by atoms with Crippen LogP contribution < -0.4 is 14.4 Å². The Hall–Kier alpha value is -4.03. The summed E-state index contributed by atoms with van der Waals surface area (Å²) >= 11 is 2.12. The van der Waals surface area contributed by atoms with Crippen molar-refractivity contribution in [1.29, 1.82) is 0 Å². The summed E-state index contributed by atoms with van der Waals surface area (Å²) in [4.78, 5) is 50.8. The maximum Gasteiger partial charge on any atom is 0.350 e. The van der Waals surface area contributed by atoms with Crippen LogP contribution in [0.2, 0.25) is 0 Å². The van der Waals surface area contributed by atoms with Gasteiger partial charge in [0, 0.05) is 0 Å². The van der Waals surface area contributed by atoms with Crippen molar-refractivity contribution >= 4 is 45.5 Å². The number of aryl methyl sites for hydroxylation is 3. The van der Waals surface area contributed by atoms with Crippen LogP contribution in [0.1, 0.15) is 67.6 Å². The van der Waals surface area contributed by atoms with Crippen LogP contribution in [0.5, 0.6) is 11.5 Å². The minimum Gasteiger partial charge on any atom is -0.503 e. The number of anilines is 1. The van der Waals surface area contributed by atoms with Crippen LogP contribution in [0.15, 0.2) is 42.2 Å². The molecular weight excluding hydrogens is 566 g/mol. The molecule has 2 aromatic heterocycles. The number of thiazole rings is 2. The molecule has 3 heterocycles. The highest BCUT2D eigenvalue weighted by Gasteiger charge is 2.47. The molecule has 0 saturated heterocycles. The van der Waals surface area contributed by atoms with E-state index in [9.17, 15) is 19.5 Å². The first-order valence-electron chi connectivity index (χ1n) is 13.0. The number of hydrogen-bond donors (Lipinski definition) is 1. The molecule has 10 nitrogen and oxygen atoms in total. The van der Waals surface area contributed by atoms with Gasteiger partial charge in [-0.15, -0.1) is 11.3 Å². The Labute approximate surface area is 245 Å². The molecule has 0 saturated carbocycles. The Morgan fingerprint density at radius 3 is 2.44 bits per heavy atom. The molecular formula is C29H31N3O7S2. The fourth-order valence-corrected chi connectivity index (χ4v) is 6.24. The highest BCUT2D eigenvalue weighted by molar-refractivity contribution is 7.17. The number of rotatable bonds is 12. The van der Waals surface area contributed by atoms with Gasteiger partial charge in [0.2, 0.25) is 5.78 Å². The van der Waals surface area contributed by atoms with E-state index in [1.54, 1.807) is 39.0 Å². The predicted molar refractivity (Wildman–Crippen MR) is 157 cm³/mol. The van der Waals surface area contributed by atoms with Crippen molar-refractivity contribution < 1.29 is 33.7 Å². The van der Waals surface area contributed by atoms with Gasteiger partial charge in [0.05, 0.1) is 46.1 Å². The predicted octanol–water partition coefficient (Wildman–Crippen LogP) is 5.84. The number of aliphatic hydroxyl groups excluding tert-OH is 1. The van der Waals surface area contributed by atoms with Crippen molar-refractivity contribution in [1.82, 2.24) is 9.97 Å². The number of hydrogen-bond acceptors (Lipinski definition) is 11. The van der Waals surface area contributed by atoms with Crippen molar-refractivity contribution in [3.63, 3.8) is 0 Å². The van der Waals surface area contributed by atoms with E-state index in [0.717, 1.165) is 17.8 Å². The third kappa shape index (κ3) is 5.89. The fourth-order valence-electron chi connectivity index (χ4n) is 4.38. The summed E-state index contributed by atoms with van der Waals surface area (Å²) in [7, 11) is 0. The van der Waals surface area contributed by atoms with E-state index in [1.807, 2.05) is 13.8 Å². The molecule has 1 N–H and O–H groups in total. The second-order valence-corrected chi connectivity index (χ2v) is 11.3. The fraction of sp³-hybridized carbons (Fsp3) is 0.345. The molecule has 1 aliphatic heterocycles. The Morgan fingerprint density at radius 1 is 1.07 bits per heavy atom. The minimum absolute atomic E-state index is 0.0119. The van der Waals surface area contributed by atoms with E-state index in [2.05, 4.69) is 16.5 Å². The number of aromatic nitrogens is 2. The van der Waals surface area contributed by atoms with Crippen LogP contribution in [0, 0.1) is 20.8 Å². The van der Waals surface area contributed by atoms with E-state index in [1.165, 1.54) is 22.3 Å². The lowest BCUT2D eigenvalue weighted by Gasteiger charge is -2.25. The standard InChI is InChI=1S/C29H31N3O7S2/c1-7-12-38-19-11-10-18(14-20(19)37-9-3)22-21(23(33)25-15(4)30-17(6)40-25)24(34)27(35)32(22)29-31-16(5)26(41-29)28(36)39-13-8-2/h8,10-11,14,22,34H,2,7,9,12-13H2,1,3-6H3. The SMILES string of the molecule is C=CCOC(=O)c1sc(N2C(=O)C(O)=C(C(=O)c3sc(C)nc3C)C2c2ccc(OCCC)c(OCC)c2)nc1C. The van der Waals surface area contributed by atoms with Gasteiger partial charge < -0.3 is 19.3 Å². The highest BCUT2D eigenvalue weighted by Crippen LogP contribution is 2.46. The van der Waals surface area contributed by atoms with Gasteiger partial charge in [-0.25, -0.2) is 14.8 Å². The Balaban J connectivity index is 1.88. The minimum atomic E-state index is -1.07. The first-order valence-corrected chi connectivity index (χ1v) is 14.7. The maximum atomic E-state index is 13.9. The number of ether oxygens (including phenoxy) is 3. The second kappa shape index (κ2) is 12.6. The largest absolute Gasteiger partial charge is 0.503 e. The number of amides is 1. The quantitative estimate of drug-likeness (QED) is 0.156. The van der Waals surface area contributed by atoms with E-state index < -0.39 is 29.5 Å². The summed E-state index contributed by atoms with van der Waals surface area (Å²) in [6.07, 6.45) is 2.24. The van der Waals surface area contributed by atoms with Gasteiger partial charge in [-0.3, -0.25) is 14.5 Å². The monoisotopic (exact) mass is 597 g/mol. The van der Waals surface area contributed by atoms with Crippen LogP contribution in [0.4, 0.5) is 5.13 Å². The first kappa shape index (κ1) is 29.9. The molecule has 1 unspecified atom stereocenters. The Morgan fingerprint density at radius 2 is 1.80 bits per heavy atom. The molecule has 0 radical (unpaired) electrons. The highest BCUT2D eigenvalue weighted by atomic mass is 32.1. The molecule has 0 spiro atoms. The summed E-state index contributed by atoms with van der Waals surface area (Å²) in [6.45, 7) is 13.3. The van der Waals surface area contributed by atoms with Gasteiger partial charge in [-0.05, 0) is 51.8 Å². The molecule has 0 bridgehead atoms. The molecule has 12 heteroatoms.